The largest absolute Gasteiger partial charge is 0.452 e. The van der Waals surface area contributed by atoms with Gasteiger partial charge >= 0.3 is 5.97 Å². The standard InChI is InChI=1S/C16H12Cl2FNO3/c1-9-5-6-10(7-13(9)19)20-14(21)8-23-16(22)11-3-2-4-12(17)15(11)18/h2-7H,8H2,1H3,(H,20,21). The molecule has 0 saturated carbocycles. The van der Waals surface area contributed by atoms with Crippen LogP contribution in [-0.2, 0) is 9.53 Å². The zero-order chi connectivity index (χ0) is 17.0. The first-order chi connectivity index (χ1) is 10.9. The maximum atomic E-state index is 13.4. The molecule has 1 amide bonds. The van der Waals surface area contributed by atoms with Gasteiger partial charge in [0.25, 0.3) is 5.91 Å². The molecule has 2 rings (SSSR count). The Bertz CT molecular complexity index is 765. The van der Waals surface area contributed by atoms with Crippen molar-refractivity contribution in [2.24, 2.45) is 0 Å². The highest BCUT2D eigenvalue weighted by molar-refractivity contribution is 6.43. The molecule has 0 aliphatic rings. The summed E-state index contributed by atoms with van der Waals surface area (Å²) in [6, 6.07) is 8.76. The zero-order valence-electron chi connectivity index (χ0n) is 12.0. The first-order valence-electron chi connectivity index (χ1n) is 6.55. The molecule has 4 nitrogen and oxygen atoms in total. The Morgan fingerprint density at radius 1 is 1.22 bits per heavy atom. The third-order valence-electron chi connectivity index (χ3n) is 2.96. The number of ether oxygens (including phenoxy) is 1. The summed E-state index contributed by atoms with van der Waals surface area (Å²) in [5.41, 5.74) is 0.799. The Hall–Kier alpha value is -2.11. The van der Waals surface area contributed by atoms with Gasteiger partial charge < -0.3 is 10.1 Å². The topological polar surface area (TPSA) is 55.4 Å². The predicted octanol–water partition coefficient (Wildman–Crippen LogP) is 4.24. The summed E-state index contributed by atoms with van der Waals surface area (Å²) in [4.78, 5) is 23.6. The molecular formula is C16H12Cl2FNO3. The second-order valence-corrected chi connectivity index (χ2v) is 5.47. The number of hydrogen-bond donors (Lipinski definition) is 1. The zero-order valence-corrected chi connectivity index (χ0v) is 13.5. The number of aryl methyl sites for hydroxylation is 1. The molecule has 2 aromatic carbocycles. The number of amides is 1. The second kappa shape index (κ2) is 7.44. The third-order valence-corrected chi connectivity index (χ3v) is 3.78. The van der Waals surface area contributed by atoms with Gasteiger partial charge in [-0.3, -0.25) is 4.79 Å². The average molecular weight is 356 g/mol. The molecule has 0 fully saturated rings. The van der Waals surface area contributed by atoms with Crippen LogP contribution in [0.1, 0.15) is 15.9 Å². The van der Waals surface area contributed by atoms with Crippen LogP contribution in [0, 0.1) is 12.7 Å². The van der Waals surface area contributed by atoms with Crippen molar-refractivity contribution in [2.75, 3.05) is 11.9 Å². The van der Waals surface area contributed by atoms with Gasteiger partial charge in [0.05, 0.1) is 15.6 Å². The van der Waals surface area contributed by atoms with Crippen LogP contribution in [0.4, 0.5) is 10.1 Å². The van der Waals surface area contributed by atoms with Crippen molar-refractivity contribution in [3.63, 3.8) is 0 Å². The van der Waals surface area contributed by atoms with Crippen LogP contribution in [0.25, 0.3) is 0 Å². The molecule has 1 N–H and O–H groups in total. The minimum atomic E-state index is -0.775. The number of halogens is 3. The summed E-state index contributed by atoms with van der Waals surface area (Å²) in [5, 5.41) is 2.69. The van der Waals surface area contributed by atoms with Gasteiger partial charge in [0, 0.05) is 5.69 Å². The highest BCUT2D eigenvalue weighted by atomic mass is 35.5. The summed E-state index contributed by atoms with van der Waals surface area (Å²) >= 11 is 11.7. The van der Waals surface area contributed by atoms with E-state index in [1.165, 1.54) is 24.3 Å². The normalized spacial score (nSPS) is 10.3. The van der Waals surface area contributed by atoms with Crippen LogP contribution in [0.2, 0.25) is 10.0 Å². The van der Waals surface area contributed by atoms with Crippen LogP contribution < -0.4 is 5.32 Å². The van der Waals surface area contributed by atoms with Crippen LogP contribution >= 0.6 is 23.2 Å². The van der Waals surface area contributed by atoms with Crippen molar-refractivity contribution in [1.29, 1.82) is 0 Å². The Labute approximate surface area is 142 Å². The van der Waals surface area contributed by atoms with Gasteiger partial charge in [-0.25, -0.2) is 9.18 Å². The van der Waals surface area contributed by atoms with Crippen molar-refractivity contribution < 1.29 is 18.7 Å². The van der Waals surface area contributed by atoms with E-state index in [0.29, 0.717) is 5.56 Å². The van der Waals surface area contributed by atoms with E-state index < -0.39 is 24.3 Å². The molecule has 0 aliphatic heterocycles. The maximum absolute atomic E-state index is 13.4. The Morgan fingerprint density at radius 3 is 2.65 bits per heavy atom. The van der Waals surface area contributed by atoms with E-state index in [2.05, 4.69) is 5.32 Å². The maximum Gasteiger partial charge on any atom is 0.340 e. The predicted molar refractivity (Wildman–Crippen MR) is 86.5 cm³/mol. The van der Waals surface area contributed by atoms with E-state index in [4.69, 9.17) is 27.9 Å². The summed E-state index contributed by atoms with van der Waals surface area (Å²) < 4.78 is 18.2. The van der Waals surface area contributed by atoms with E-state index in [1.807, 2.05) is 0 Å². The highest BCUT2D eigenvalue weighted by Crippen LogP contribution is 2.26. The number of nitrogens with one attached hydrogen (secondary N) is 1. The lowest BCUT2D eigenvalue weighted by atomic mass is 10.2. The fourth-order valence-corrected chi connectivity index (χ4v) is 2.12. The Morgan fingerprint density at radius 2 is 1.96 bits per heavy atom. The first kappa shape index (κ1) is 17.2. The van der Waals surface area contributed by atoms with E-state index in [9.17, 15) is 14.0 Å². The number of hydrogen-bond acceptors (Lipinski definition) is 3. The molecule has 0 atom stereocenters. The molecule has 120 valence electrons. The molecule has 0 spiro atoms. The van der Waals surface area contributed by atoms with Crippen molar-refractivity contribution >= 4 is 40.8 Å². The lowest BCUT2D eigenvalue weighted by Gasteiger charge is -2.08. The van der Waals surface area contributed by atoms with Crippen molar-refractivity contribution in [2.45, 2.75) is 6.92 Å². The molecule has 0 bridgehead atoms. The molecule has 2 aromatic rings. The molecule has 0 aromatic heterocycles. The van der Waals surface area contributed by atoms with Gasteiger partial charge in [0.15, 0.2) is 6.61 Å². The van der Waals surface area contributed by atoms with Crippen molar-refractivity contribution in [1.82, 2.24) is 0 Å². The number of rotatable bonds is 4. The van der Waals surface area contributed by atoms with Gasteiger partial charge in [0.1, 0.15) is 5.82 Å². The quantitative estimate of drug-likeness (QED) is 0.834. The van der Waals surface area contributed by atoms with Crippen LogP contribution in [0.3, 0.4) is 0 Å². The first-order valence-corrected chi connectivity index (χ1v) is 7.31. The van der Waals surface area contributed by atoms with Crippen LogP contribution in [-0.4, -0.2) is 18.5 Å². The van der Waals surface area contributed by atoms with Gasteiger partial charge in [0.2, 0.25) is 0 Å². The van der Waals surface area contributed by atoms with E-state index in [-0.39, 0.29) is 21.3 Å². The molecule has 0 saturated heterocycles. The van der Waals surface area contributed by atoms with Crippen molar-refractivity contribution in [3.05, 3.63) is 63.4 Å². The SMILES string of the molecule is Cc1ccc(NC(=O)COC(=O)c2cccc(Cl)c2Cl)cc1F. The molecular weight excluding hydrogens is 344 g/mol. The van der Waals surface area contributed by atoms with Gasteiger partial charge in [-0.05, 0) is 36.8 Å². The summed E-state index contributed by atoms with van der Waals surface area (Å²) in [5.74, 6) is -1.81. The molecule has 0 aliphatic carbocycles. The molecule has 7 heteroatoms. The monoisotopic (exact) mass is 355 g/mol. The van der Waals surface area contributed by atoms with E-state index in [1.54, 1.807) is 19.1 Å². The smallest absolute Gasteiger partial charge is 0.340 e. The third kappa shape index (κ3) is 4.43. The lowest BCUT2D eigenvalue weighted by molar-refractivity contribution is -0.119. The fraction of sp³-hybridized carbons (Fsp3) is 0.125. The van der Waals surface area contributed by atoms with E-state index >= 15 is 0 Å². The Balaban J connectivity index is 1.94. The number of esters is 1. The summed E-state index contributed by atoms with van der Waals surface area (Å²) in [6.45, 7) is 1.08. The Kier molecular flexibility index (Phi) is 5.58. The number of carbonyl (C=O) groups is 2. The average Bonchev–Trinajstić information content (AvgIpc) is 2.51. The van der Waals surface area contributed by atoms with Crippen LogP contribution in [0.5, 0.6) is 0 Å². The lowest BCUT2D eigenvalue weighted by Crippen LogP contribution is -2.21. The van der Waals surface area contributed by atoms with Gasteiger partial charge in [-0.15, -0.1) is 0 Å². The van der Waals surface area contributed by atoms with Crippen molar-refractivity contribution in [3.8, 4) is 0 Å². The molecule has 0 heterocycles. The minimum Gasteiger partial charge on any atom is -0.452 e. The second-order valence-electron chi connectivity index (χ2n) is 4.69. The summed E-state index contributed by atoms with van der Waals surface area (Å²) in [7, 11) is 0. The van der Waals surface area contributed by atoms with Gasteiger partial charge in [-0.2, -0.15) is 0 Å². The summed E-state index contributed by atoms with van der Waals surface area (Å²) in [6.07, 6.45) is 0. The molecule has 0 radical (unpaired) electrons. The minimum absolute atomic E-state index is 0.0557. The number of benzene rings is 2. The van der Waals surface area contributed by atoms with Gasteiger partial charge in [-0.1, -0.05) is 35.3 Å². The molecule has 0 unspecified atom stereocenters. The molecule has 23 heavy (non-hydrogen) atoms. The highest BCUT2D eigenvalue weighted by Gasteiger charge is 2.15. The number of anilines is 1. The van der Waals surface area contributed by atoms with E-state index in [0.717, 1.165) is 0 Å². The van der Waals surface area contributed by atoms with Crippen LogP contribution in [0.15, 0.2) is 36.4 Å². The number of carbonyl (C=O) groups excluding carboxylic acids is 2. The fourth-order valence-electron chi connectivity index (χ4n) is 1.74.